The molecular formula is C22H24N2O3. The van der Waals surface area contributed by atoms with E-state index in [4.69, 9.17) is 4.74 Å². The van der Waals surface area contributed by atoms with Crippen LogP contribution in [0.3, 0.4) is 0 Å². The molecule has 2 heterocycles. The average molecular weight is 364 g/mol. The number of nitrogens with zero attached hydrogens (tertiary/aromatic N) is 2. The SMILES string of the molecule is C[C@]1(C(=O)N2C(=O)OC[C@H]2c2ccccc2)CCN(Cc2ccccc2)C1. The zero-order chi connectivity index (χ0) is 18.9. The summed E-state index contributed by atoms with van der Waals surface area (Å²) >= 11 is 0. The largest absolute Gasteiger partial charge is 0.446 e. The van der Waals surface area contributed by atoms with E-state index < -0.39 is 11.5 Å². The van der Waals surface area contributed by atoms with Crippen molar-refractivity contribution >= 4 is 12.0 Å². The molecule has 2 aliphatic rings. The third-order valence-electron chi connectivity index (χ3n) is 5.59. The number of imide groups is 1. The van der Waals surface area contributed by atoms with Crippen LogP contribution in [0, 0.1) is 5.41 Å². The van der Waals surface area contributed by atoms with E-state index in [0.717, 1.165) is 25.1 Å². The minimum atomic E-state index is -0.578. The van der Waals surface area contributed by atoms with Gasteiger partial charge in [0.1, 0.15) is 12.6 Å². The van der Waals surface area contributed by atoms with Crippen molar-refractivity contribution in [2.45, 2.75) is 25.9 Å². The minimum Gasteiger partial charge on any atom is -0.446 e. The van der Waals surface area contributed by atoms with E-state index in [0.29, 0.717) is 6.54 Å². The van der Waals surface area contributed by atoms with Gasteiger partial charge in [0.25, 0.3) is 0 Å². The molecule has 2 atom stereocenters. The van der Waals surface area contributed by atoms with Gasteiger partial charge in [-0.2, -0.15) is 0 Å². The molecule has 5 nitrogen and oxygen atoms in total. The fourth-order valence-corrected chi connectivity index (χ4v) is 4.06. The van der Waals surface area contributed by atoms with Gasteiger partial charge in [0.2, 0.25) is 5.91 Å². The second-order valence-electron chi connectivity index (χ2n) is 7.69. The Kier molecular flexibility index (Phi) is 4.70. The van der Waals surface area contributed by atoms with Crippen LogP contribution in [0.25, 0.3) is 0 Å². The summed E-state index contributed by atoms with van der Waals surface area (Å²) in [6, 6.07) is 19.5. The highest BCUT2D eigenvalue weighted by atomic mass is 16.6. The Hall–Kier alpha value is -2.66. The zero-order valence-electron chi connectivity index (χ0n) is 15.5. The van der Waals surface area contributed by atoms with Crippen LogP contribution in [0.4, 0.5) is 4.79 Å². The Bertz CT molecular complexity index is 824. The quantitative estimate of drug-likeness (QED) is 0.831. The summed E-state index contributed by atoms with van der Waals surface area (Å²) in [7, 11) is 0. The van der Waals surface area contributed by atoms with Crippen molar-refractivity contribution in [1.82, 2.24) is 9.80 Å². The first-order valence-electron chi connectivity index (χ1n) is 9.38. The summed E-state index contributed by atoms with van der Waals surface area (Å²) in [5.41, 5.74) is 1.59. The van der Waals surface area contributed by atoms with Gasteiger partial charge in [-0.05, 0) is 31.0 Å². The molecule has 4 rings (SSSR count). The van der Waals surface area contributed by atoms with Crippen molar-refractivity contribution in [1.29, 1.82) is 0 Å². The monoisotopic (exact) mass is 364 g/mol. The lowest BCUT2D eigenvalue weighted by Crippen LogP contribution is -2.45. The van der Waals surface area contributed by atoms with Gasteiger partial charge in [0, 0.05) is 13.1 Å². The Balaban J connectivity index is 1.50. The highest BCUT2D eigenvalue weighted by Crippen LogP contribution is 2.38. The van der Waals surface area contributed by atoms with Crippen LogP contribution >= 0.6 is 0 Å². The molecule has 0 unspecified atom stereocenters. The number of amides is 2. The van der Waals surface area contributed by atoms with Crippen LogP contribution in [-0.2, 0) is 16.1 Å². The molecular weight excluding hydrogens is 340 g/mol. The second-order valence-corrected chi connectivity index (χ2v) is 7.69. The van der Waals surface area contributed by atoms with Crippen LogP contribution < -0.4 is 0 Å². The lowest BCUT2D eigenvalue weighted by atomic mass is 9.87. The van der Waals surface area contributed by atoms with Crippen LogP contribution in [0.2, 0.25) is 0 Å². The summed E-state index contributed by atoms with van der Waals surface area (Å²) in [6.07, 6.45) is 0.209. The smallest absolute Gasteiger partial charge is 0.417 e. The van der Waals surface area contributed by atoms with E-state index in [1.807, 2.05) is 55.5 Å². The summed E-state index contributed by atoms with van der Waals surface area (Å²) in [5, 5.41) is 0. The standard InChI is InChI=1S/C22H24N2O3/c1-22(12-13-23(16-22)14-17-8-4-2-5-9-17)20(25)24-19(15-27-21(24)26)18-10-6-3-7-11-18/h2-11,19H,12-16H2,1H3/t19-,22-/m0/s1. The van der Waals surface area contributed by atoms with Crippen LogP contribution in [0.1, 0.15) is 30.5 Å². The first-order chi connectivity index (χ1) is 13.1. The molecule has 0 N–H and O–H groups in total. The fourth-order valence-electron chi connectivity index (χ4n) is 4.06. The number of hydrogen-bond donors (Lipinski definition) is 0. The van der Waals surface area contributed by atoms with Gasteiger partial charge in [0.15, 0.2) is 0 Å². The van der Waals surface area contributed by atoms with E-state index in [1.54, 1.807) is 0 Å². The lowest BCUT2D eigenvalue weighted by molar-refractivity contribution is -0.138. The maximum absolute atomic E-state index is 13.4. The van der Waals surface area contributed by atoms with Crippen molar-refractivity contribution in [3.8, 4) is 0 Å². The van der Waals surface area contributed by atoms with Crippen molar-refractivity contribution in [2.24, 2.45) is 5.41 Å². The maximum atomic E-state index is 13.4. The highest BCUT2D eigenvalue weighted by molar-refractivity contribution is 5.97. The second kappa shape index (κ2) is 7.16. The molecule has 0 aromatic heterocycles. The summed E-state index contributed by atoms with van der Waals surface area (Å²) in [4.78, 5) is 29.3. The molecule has 0 bridgehead atoms. The van der Waals surface area contributed by atoms with Crippen molar-refractivity contribution in [3.05, 3.63) is 71.8 Å². The number of cyclic esters (lactones) is 1. The first kappa shape index (κ1) is 17.7. The average Bonchev–Trinajstić information content (AvgIpc) is 3.26. The first-order valence-corrected chi connectivity index (χ1v) is 9.38. The van der Waals surface area contributed by atoms with Crippen LogP contribution in [-0.4, -0.2) is 41.5 Å². The Morgan fingerprint density at radius 1 is 1.11 bits per heavy atom. The lowest BCUT2D eigenvalue weighted by Gasteiger charge is -2.30. The van der Waals surface area contributed by atoms with E-state index in [9.17, 15) is 9.59 Å². The molecule has 0 spiro atoms. The van der Waals surface area contributed by atoms with Crippen LogP contribution in [0.5, 0.6) is 0 Å². The number of carbonyl (C=O) groups is 2. The predicted molar refractivity (Wildman–Crippen MR) is 102 cm³/mol. The minimum absolute atomic E-state index is 0.130. The van der Waals surface area contributed by atoms with Gasteiger partial charge in [-0.3, -0.25) is 9.69 Å². The number of rotatable bonds is 4. The van der Waals surface area contributed by atoms with Gasteiger partial charge in [0.05, 0.1) is 5.41 Å². The summed E-state index contributed by atoms with van der Waals surface area (Å²) < 4.78 is 5.23. The van der Waals surface area contributed by atoms with Gasteiger partial charge in [-0.15, -0.1) is 0 Å². The number of benzene rings is 2. The number of hydrogen-bond acceptors (Lipinski definition) is 4. The molecule has 2 amide bonds. The molecule has 2 aromatic carbocycles. The third-order valence-corrected chi connectivity index (χ3v) is 5.59. The van der Waals surface area contributed by atoms with Crippen LogP contribution in [0.15, 0.2) is 60.7 Å². The van der Waals surface area contributed by atoms with Crippen molar-refractivity contribution < 1.29 is 14.3 Å². The third kappa shape index (κ3) is 3.47. The number of carbonyl (C=O) groups excluding carboxylic acids is 2. The molecule has 2 saturated heterocycles. The normalized spacial score (nSPS) is 25.6. The molecule has 5 heteroatoms. The molecule has 0 aliphatic carbocycles. The van der Waals surface area contributed by atoms with E-state index in [2.05, 4.69) is 17.0 Å². The van der Waals surface area contributed by atoms with E-state index in [1.165, 1.54) is 10.5 Å². The topological polar surface area (TPSA) is 49.9 Å². The van der Waals surface area contributed by atoms with Gasteiger partial charge >= 0.3 is 6.09 Å². The molecule has 2 aliphatic heterocycles. The number of ether oxygens (including phenoxy) is 1. The predicted octanol–water partition coefficient (Wildman–Crippen LogP) is 3.62. The van der Waals surface area contributed by atoms with Gasteiger partial charge in [-0.1, -0.05) is 60.7 Å². The molecule has 140 valence electrons. The number of likely N-dealkylation sites (tertiary alicyclic amines) is 1. The molecule has 2 fully saturated rings. The van der Waals surface area contributed by atoms with Gasteiger partial charge < -0.3 is 4.74 Å². The van der Waals surface area contributed by atoms with Gasteiger partial charge in [-0.25, -0.2) is 9.69 Å². The molecule has 2 aromatic rings. The molecule has 0 saturated carbocycles. The Morgan fingerprint density at radius 3 is 2.48 bits per heavy atom. The molecule has 0 radical (unpaired) electrons. The molecule has 27 heavy (non-hydrogen) atoms. The Morgan fingerprint density at radius 2 is 1.78 bits per heavy atom. The summed E-state index contributed by atoms with van der Waals surface area (Å²) in [6.45, 7) is 4.49. The van der Waals surface area contributed by atoms with Crippen molar-refractivity contribution in [2.75, 3.05) is 19.7 Å². The van der Waals surface area contributed by atoms with E-state index in [-0.39, 0.29) is 18.6 Å². The maximum Gasteiger partial charge on any atom is 0.417 e. The van der Waals surface area contributed by atoms with E-state index >= 15 is 0 Å². The fraction of sp³-hybridized carbons (Fsp3) is 0.364. The summed E-state index contributed by atoms with van der Waals surface area (Å²) in [5.74, 6) is -0.130. The highest BCUT2D eigenvalue weighted by Gasteiger charge is 2.49. The Labute approximate surface area is 159 Å². The van der Waals surface area contributed by atoms with Crippen molar-refractivity contribution in [3.63, 3.8) is 0 Å². The zero-order valence-corrected chi connectivity index (χ0v) is 15.5.